The molecule has 0 aromatic heterocycles. The van der Waals surface area contributed by atoms with Gasteiger partial charge < -0.3 is 10.1 Å². The zero-order valence-electron chi connectivity index (χ0n) is 13.7. The van der Waals surface area contributed by atoms with Crippen LogP contribution in [0.4, 0.5) is 0 Å². The molecule has 2 unspecified atom stereocenters. The van der Waals surface area contributed by atoms with Gasteiger partial charge in [-0.3, -0.25) is 0 Å². The average Bonchev–Trinajstić information content (AvgIpc) is 2.83. The van der Waals surface area contributed by atoms with E-state index in [1.807, 2.05) is 0 Å². The SMILES string of the molecule is COc1ccc(CC2CCCC2CNC(C)(C)C)cc1Br. The van der Waals surface area contributed by atoms with Crippen LogP contribution in [0.2, 0.25) is 0 Å². The molecule has 3 heteroatoms. The van der Waals surface area contributed by atoms with Gasteiger partial charge in [-0.1, -0.05) is 12.5 Å². The van der Waals surface area contributed by atoms with Gasteiger partial charge in [-0.25, -0.2) is 0 Å². The lowest BCUT2D eigenvalue weighted by atomic mass is 9.89. The molecule has 0 amide bonds. The molecule has 0 heterocycles. The van der Waals surface area contributed by atoms with Gasteiger partial charge in [0, 0.05) is 5.54 Å². The molecule has 0 aliphatic heterocycles. The summed E-state index contributed by atoms with van der Waals surface area (Å²) in [5, 5.41) is 3.68. The topological polar surface area (TPSA) is 21.3 Å². The summed E-state index contributed by atoms with van der Waals surface area (Å²) < 4.78 is 6.37. The number of rotatable bonds is 5. The van der Waals surface area contributed by atoms with Gasteiger partial charge in [-0.15, -0.1) is 0 Å². The van der Waals surface area contributed by atoms with Crippen molar-refractivity contribution < 1.29 is 4.74 Å². The van der Waals surface area contributed by atoms with E-state index in [1.54, 1.807) is 7.11 Å². The summed E-state index contributed by atoms with van der Waals surface area (Å²) >= 11 is 3.59. The average molecular weight is 354 g/mol. The van der Waals surface area contributed by atoms with Crippen LogP contribution in [0.5, 0.6) is 5.75 Å². The van der Waals surface area contributed by atoms with Crippen LogP contribution in [0.15, 0.2) is 22.7 Å². The van der Waals surface area contributed by atoms with Crippen molar-refractivity contribution in [3.63, 3.8) is 0 Å². The van der Waals surface area contributed by atoms with E-state index in [9.17, 15) is 0 Å². The third-order valence-corrected chi connectivity index (χ3v) is 5.04. The van der Waals surface area contributed by atoms with Gasteiger partial charge >= 0.3 is 0 Å². The highest BCUT2D eigenvalue weighted by Crippen LogP contribution is 2.35. The Morgan fingerprint density at radius 2 is 1.95 bits per heavy atom. The largest absolute Gasteiger partial charge is 0.496 e. The van der Waals surface area contributed by atoms with E-state index >= 15 is 0 Å². The Balaban J connectivity index is 1.96. The summed E-state index contributed by atoms with van der Waals surface area (Å²) in [7, 11) is 1.71. The van der Waals surface area contributed by atoms with Crippen LogP contribution in [-0.4, -0.2) is 19.2 Å². The summed E-state index contributed by atoms with van der Waals surface area (Å²) in [5.74, 6) is 2.53. The smallest absolute Gasteiger partial charge is 0.133 e. The lowest BCUT2D eigenvalue weighted by Gasteiger charge is -2.26. The van der Waals surface area contributed by atoms with Crippen molar-refractivity contribution in [1.82, 2.24) is 5.32 Å². The molecule has 2 rings (SSSR count). The Kier molecular flexibility index (Phi) is 5.73. The van der Waals surface area contributed by atoms with Crippen molar-refractivity contribution in [2.75, 3.05) is 13.7 Å². The van der Waals surface area contributed by atoms with E-state index in [1.165, 1.54) is 31.2 Å². The molecule has 1 saturated carbocycles. The number of methoxy groups -OCH3 is 1. The minimum atomic E-state index is 0.219. The second-order valence-corrected chi connectivity index (χ2v) is 8.11. The van der Waals surface area contributed by atoms with Crippen LogP contribution in [0.1, 0.15) is 45.6 Å². The standard InChI is InChI=1S/C18H28BrNO/c1-18(2,3)20-12-15-7-5-6-14(15)10-13-8-9-17(21-4)16(19)11-13/h8-9,11,14-15,20H,5-7,10,12H2,1-4H3. The molecule has 118 valence electrons. The third kappa shape index (κ3) is 5.00. The first kappa shape index (κ1) is 16.8. The van der Waals surface area contributed by atoms with Crippen molar-refractivity contribution in [3.8, 4) is 5.75 Å². The second kappa shape index (κ2) is 7.15. The first-order valence-electron chi connectivity index (χ1n) is 7.96. The number of benzene rings is 1. The van der Waals surface area contributed by atoms with Gasteiger partial charge in [-0.05, 0) is 92.0 Å². The molecule has 1 N–H and O–H groups in total. The van der Waals surface area contributed by atoms with Gasteiger partial charge in [-0.2, -0.15) is 0 Å². The van der Waals surface area contributed by atoms with Crippen molar-refractivity contribution in [3.05, 3.63) is 28.2 Å². The molecule has 0 saturated heterocycles. The summed E-state index contributed by atoms with van der Waals surface area (Å²) in [6, 6.07) is 6.48. The minimum absolute atomic E-state index is 0.219. The lowest BCUT2D eigenvalue weighted by Crippen LogP contribution is -2.40. The molecule has 1 aromatic carbocycles. The normalized spacial score (nSPS) is 22.5. The number of ether oxygens (including phenoxy) is 1. The molecule has 2 atom stereocenters. The third-order valence-electron chi connectivity index (χ3n) is 4.43. The minimum Gasteiger partial charge on any atom is -0.496 e. The van der Waals surface area contributed by atoms with Gasteiger partial charge in [0.1, 0.15) is 5.75 Å². The summed E-state index contributed by atoms with van der Waals surface area (Å²) in [6.45, 7) is 7.89. The fourth-order valence-corrected chi connectivity index (χ4v) is 3.82. The Morgan fingerprint density at radius 1 is 1.24 bits per heavy atom. The van der Waals surface area contributed by atoms with E-state index in [0.29, 0.717) is 0 Å². The van der Waals surface area contributed by atoms with E-state index in [0.717, 1.165) is 28.6 Å². The number of hydrogen-bond acceptors (Lipinski definition) is 2. The Labute approximate surface area is 137 Å². The highest BCUT2D eigenvalue weighted by molar-refractivity contribution is 9.10. The number of halogens is 1. The Morgan fingerprint density at radius 3 is 2.57 bits per heavy atom. The molecule has 1 aromatic rings. The van der Waals surface area contributed by atoms with Crippen molar-refractivity contribution in [2.24, 2.45) is 11.8 Å². The molecule has 0 bridgehead atoms. The predicted octanol–water partition coefficient (Wildman–Crippen LogP) is 4.80. The van der Waals surface area contributed by atoms with Crippen LogP contribution in [-0.2, 0) is 6.42 Å². The summed E-state index contributed by atoms with van der Waals surface area (Å²) in [6.07, 6.45) is 5.28. The van der Waals surface area contributed by atoms with E-state index in [2.05, 4.69) is 60.2 Å². The highest BCUT2D eigenvalue weighted by atomic mass is 79.9. The molecule has 0 radical (unpaired) electrons. The van der Waals surface area contributed by atoms with Gasteiger partial charge in [0.2, 0.25) is 0 Å². The quantitative estimate of drug-likeness (QED) is 0.820. The van der Waals surface area contributed by atoms with Crippen LogP contribution < -0.4 is 10.1 Å². The molecule has 21 heavy (non-hydrogen) atoms. The molecular formula is C18H28BrNO. The molecule has 0 spiro atoms. The van der Waals surface area contributed by atoms with Crippen LogP contribution in [0, 0.1) is 11.8 Å². The zero-order valence-corrected chi connectivity index (χ0v) is 15.3. The maximum Gasteiger partial charge on any atom is 0.133 e. The molecule has 2 nitrogen and oxygen atoms in total. The van der Waals surface area contributed by atoms with Crippen molar-refractivity contribution in [2.45, 2.75) is 52.0 Å². The summed E-state index contributed by atoms with van der Waals surface area (Å²) in [5.41, 5.74) is 1.63. The molecule has 1 aliphatic rings. The molecular weight excluding hydrogens is 326 g/mol. The van der Waals surface area contributed by atoms with Crippen LogP contribution >= 0.6 is 15.9 Å². The van der Waals surface area contributed by atoms with E-state index in [4.69, 9.17) is 4.74 Å². The lowest BCUT2D eigenvalue weighted by molar-refractivity contribution is 0.317. The van der Waals surface area contributed by atoms with Gasteiger partial charge in [0.05, 0.1) is 11.6 Å². The van der Waals surface area contributed by atoms with Crippen molar-refractivity contribution >= 4 is 15.9 Å². The fraction of sp³-hybridized carbons (Fsp3) is 0.667. The molecule has 1 aliphatic carbocycles. The monoisotopic (exact) mass is 353 g/mol. The number of hydrogen-bond donors (Lipinski definition) is 1. The van der Waals surface area contributed by atoms with Crippen LogP contribution in [0.25, 0.3) is 0 Å². The van der Waals surface area contributed by atoms with Gasteiger partial charge in [0.15, 0.2) is 0 Å². The highest BCUT2D eigenvalue weighted by Gasteiger charge is 2.28. The van der Waals surface area contributed by atoms with Crippen molar-refractivity contribution in [1.29, 1.82) is 0 Å². The predicted molar refractivity (Wildman–Crippen MR) is 93.0 cm³/mol. The van der Waals surface area contributed by atoms with Crippen LogP contribution in [0.3, 0.4) is 0 Å². The molecule has 1 fully saturated rings. The van der Waals surface area contributed by atoms with E-state index < -0.39 is 0 Å². The maximum absolute atomic E-state index is 5.31. The fourth-order valence-electron chi connectivity index (χ4n) is 3.23. The zero-order chi connectivity index (χ0) is 15.5. The first-order valence-corrected chi connectivity index (χ1v) is 8.76. The van der Waals surface area contributed by atoms with E-state index in [-0.39, 0.29) is 5.54 Å². The number of nitrogens with one attached hydrogen (secondary N) is 1. The second-order valence-electron chi connectivity index (χ2n) is 7.25. The summed E-state index contributed by atoms with van der Waals surface area (Å²) in [4.78, 5) is 0. The first-order chi connectivity index (χ1) is 9.89. The Hall–Kier alpha value is -0.540. The van der Waals surface area contributed by atoms with Gasteiger partial charge in [0.25, 0.3) is 0 Å². The maximum atomic E-state index is 5.31. The Bertz CT molecular complexity index is 467.